The molecule has 0 saturated heterocycles. The first-order valence-corrected chi connectivity index (χ1v) is 11.8. The molecule has 0 fully saturated rings. The molecule has 3 aromatic carbocycles. The number of nitrogens with one attached hydrogen (secondary N) is 1. The third kappa shape index (κ3) is 5.91. The molecule has 0 radical (unpaired) electrons. The average molecular weight is 471 g/mol. The third-order valence-corrected chi connectivity index (χ3v) is 6.24. The number of rotatable bonds is 8. The molecule has 5 nitrogen and oxygen atoms in total. The number of carbonyl (C=O) groups excluding carboxylic acids is 2. The Morgan fingerprint density at radius 3 is 2.32 bits per heavy atom. The van der Waals surface area contributed by atoms with Gasteiger partial charge < -0.3 is 15.0 Å². The van der Waals surface area contributed by atoms with Crippen molar-refractivity contribution in [1.29, 1.82) is 0 Å². The van der Waals surface area contributed by atoms with Gasteiger partial charge >= 0.3 is 0 Å². The van der Waals surface area contributed by atoms with E-state index in [0.717, 1.165) is 28.1 Å². The van der Waals surface area contributed by atoms with Crippen molar-refractivity contribution >= 4 is 34.5 Å². The number of methoxy groups -OCH3 is 1. The zero-order valence-electron chi connectivity index (χ0n) is 19.2. The molecule has 4 aromatic rings. The highest BCUT2D eigenvalue weighted by molar-refractivity contribution is 7.12. The van der Waals surface area contributed by atoms with Crippen LogP contribution < -0.4 is 15.0 Å². The first-order chi connectivity index (χ1) is 16.5. The number of carbonyl (C=O) groups is 2. The molecule has 0 spiro atoms. The van der Waals surface area contributed by atoms with Gasteiger partial charge in [-0.05, 0) is 65.9 Å². The Bertz CT molecular complexity index is 1250. The minimum absolute atomic E-state index is 0.0403. The number of amides is 2. The SMILES string of the molecule is COc1ccc(NC(=O)Cc2ccc(N(Cc3cccc(C)c3)C(=O)c3cccs3)cc2)cc1. The Morgan fingerprint density at radius 1 is 0.912 bits per heavy atom. The van der Waals surface area contributed by atoms with Crippen molar-refractivity contribution in [3.05, 3.63) is 112 Å². The fourth-order valence-electron chi connectivity index (χ4n) is 3.67. The van der Waals surface area contributed by atoms with Crippen LogP contribution in [0.4, 0.5) is 11.4 Å². The summed E-state index contributed by atoms with van der Waals surface area (Å²) in [6.45, 7) is 2.51. The van der Waals surface area contributed by atoms with E-state index in [1.165, 1.54) is 11.3 Å². The van der Waals surface area contributed by atoms with E-state index in [0.29, 0.717) is 17.1 Å². The number of hydrogen-bond acceptors (Lipinski definition) is 4. The van der Waals surface area contributed by atoms with E-state index in [1.54, 1.807) is 36.3 Å². The highest BCUT2D eigenvalue weighted by Crippen LogP contribution is 2.24. The summed E-state index contributed by atoms with van der Waals surface area (Å²) in [6, 6.07) is 26.7. The number of nitrogens with zero attached hydrogens (tertiary/aromatic N) is 1. The smallest absolute Gasteiger partial charge is 0.268 e. The van der Waals surface area contributed by atoms with Crippen molar-refractivity contribution in [2.75, 3.05) is 17.3 Å². The largest absolute Gasteiger partial charge is 0.497 e. The molecule has 0 bridgehead atoms. The lowest BCUT2D eigenvalue weighted by Crippen LogP contribution is -2.29. The normalized spacial score (nSPS) is 10.5. The maximum Gasteiger partial charge on any atom is 0.268 e. The van der Waals surface area contributed by atoms with E-state index in [-0.39, 0.29) is 18.2 Å². The van der Waals surface area contributed by atoms with Crippen molar-refractivity contribution in [2.24, 2.45) is 0 Å². The molecule has 34 heavy (non-hydrogen) atoms. The number of benzene rings is 3. The highest BCUT2D eigenvalue weighted by Gasteiger charge is 2.19. The summed E-state index contributed by atoms with van der Waals surface area (Å²) in [6.07, 6.45) is 0.239. The molecule has 0 unspecified atom stereocenters. The van der Waals surface area contributed by atoms with Crippen LogP contribution in [-0.2, 0) is 17.8 Å². The van der Waals surface area contributed by atoms with Crippen molar-refractivity contribution in [3.63, 3.8) is 0 Å². The first-order valence-electron chi connectivity index (χ1n) is 11.0. The molecule has 1 aromatic heterocycles. The lowest BCUT2D eigenvalue weighted by molar-refractivity contribution is -0.115. The lowest BCUT2D eigenvalue weighted by Gasteiger charge is -2.23. The van der Waals surface area contributed by atoms with Crippen LogP contribution in [0.5, 0.6) is 5.75 Å². The van der Waals surface area contributed by atoms with Crippen LogP contribution in [0.3, 0.4) is 0 Å². The Labute approximate surface area is 203 Å². The van der Waals surface area contributed by atoms with Gasteiger partial charge in [0, 0.05) is 11.4 Å². The first kappa shape index (κ1) is 23.3. The molecule has 0 aliphatic rings. The number of thiophene rings is 1. The van der Waals surface area contributed by atoms with Gasteiger partial charge in [0.1, 0.15) is 5.75 Å². The van der Waals surface area contributed by atoms with Crippen molar-refractivity contribution in [2.45, 2.75) is 19.9 Å². The zero-order chi connectivity index (χ0) is 23.9. The fourth-order valence-corrected chi connectivity index (χ4v) is 4.34. The van der Waals surface area contributed by atoms with Crippen molar-refractivity contribution in [3.8, 4) is 5.75 Å². The summed E-state index contributed by atoms with van der Waals surface area (Å²) in [7, 11) is 1.60. The van der Waals surface area contributed by atoms with Crippen LogP contribution in [0.1, 0.15) is 26.4 Å². The summed E-state index contributed by atoms with van der Waals surface area (Å²) >= 11 is 1.43. The van der Waals surface area contributed by atoms with E-state index in [1.807, 2.05) is 66.9 Å². The molecule has 0 aliphatic carbocycles. The van der Waals surface area contributed by atoms with Gasteiger partial charge in [0.15, 0.2) is 0 Å². The molecule has 4 rings (SSSR count). The lowest BCUT2D eigenvalue weighted by atomic mass is 10.1. The number of anilines is 2. The van der Waals surface area contributed by atoms with Gasteiger partial charge in [-0.25, -0.2) is 0 Å². The minimum Gasteiger partial charge on any atom is -0.497 e. The van der Waals surface area contributed by atoms with E-state index in [2.05, 4.69) is 11.4 Å². The van der Waals surface area contributed by atoms with Crippen LogP contribution in [0.15, 0.2) is 90.3 Å². The van der Waals surface area contributed by atoms with Gasteiger partial charge in [-0.2, -0.15) is 0 Å². The Balaban J connectivity index is 1.48. The van der Waals surface area contributed by atoms with Crippen molar-refractivity contribution in [1.82, 2.24) is 0 Å². The second-order valence-corrected chi connectivity index (χ2v) is 8.93. The van der Waals surface area contributed by atoms with Gasteiger partial charge in [0.05, 0.1) is 25.0 Å². The Morgan fingerprint density at radius 2 is 1.68 bits per heavy atom. The topological polar surface area (TPSA) is 58.6 Å². The summed E-state index contributed by atoms with van der Waals surface area (Å²) in [5.41, 5.74) is 4.59. The van der Waals surface area contributed by atoms with Crippen molar-refractivity contribution < 1.29 is 14.3 Å². The van der Waals surface area contributed by atoms with Gasteiger partial charge in [-0.15, -0.1) is 11.3 Å². The third-order valence-electron chi connectivity index (χ3n) is 5.39. The molecule has 1 N–H and O–H groups in total. The molecular formula is C28H26N2O3S. The van der Waals surface area contributed by atoms with Crippen LogP contribution in [0, 0.1) is 6.92 Å². The summed E-state index contributed by atoms with van der Waals surface area (Å²) < 4.78 is 5.14. The van der Waals surface area contributed by atoms with E-state index in [9.17, 15) is 9.59 Å². The molecule has 2 amide bonds. The maximum atomic E-state index is 13.3. The van der Waals surface area contributed by atoms with Gasteiger partial charge in [-0.3, -0.25) is 9.59 Å². The summed E-state index contributed by atoms with van der Waals surface area (Å²) in [5.74, 6) is 0.589. The minimum atomic E-state index is -0.107. The molecule has 172 valence electrons. The van der Waals surface area contributed by atoms with Gasteiger partial charge in [-0.1, -0.05) is 48.0 Å². The maximum absolute atomic E-state index is 13.3. The second kappa shape index (κ2) is 10.8. The van der Waals surface area contributed by atoms with Crippen LogP contribution in [0.25, 0.3) is 0 Å². The quantitative estimate of drug-likeness (QED) is 0.339. The van der Waals surface area contributed by atoms with E-state index in [4.69, 9.17) is 4.74 Å². The molecule has 0 atom stereocenters. The second-order valence-electron chi connectivity index (χ2n) is 7.98. The monoisotopic (exact) mass is 470 g/mol. The van der Waals surface area contributed by atoms with E-state index < -0.39 is 0 Å². The molecule has 0 saturated carbocycles. The highest BCUT2D eigenvalue weighted by atomic mass is 32.1. The average Bonchev–Trinajstić information content (AvgIpc) is 3.38. The van der Waals surface area contributed by atoms with E-state index >= 15 is 0 Å². The predicted octanol–water partition coefficient (Wildman–Crippen LogP) is 6.09. The molecule has 1 heterocycles. The zero-order valence-corrected chi connectivity index (χ0v) is 20.0. The van der Waals surface area contributed by atoms with Crippen LogP contribution in [0.2, 0.25) is 0 Å². The number of ether oxygens (including phenoxy) is 1. The van der Waals surface area contributed by atoms with Gasteiger partial charge in [0.2, 0.25) is 5.91 Å². The number of hydrogen-bond donors (Lipinski definition) is 1. The fraction of sp³-hybridized carbons (Fsp3) is 0.143. The van der Waals surface area contributed by atoms with Crippen LogP contribution in [-0.4, -0.2) is 18.9 Å². The summed E-state index contributed by atoms with van der Waals surface area (Å²) in [5, 5.41) is 4.80. The standard InChI is InChI=1S/C28H26N2O3S/c1-20-5-3-6-22(17-20)19-30(28(32)26-7-4-16-34-26)24-12-8-21(9-13-24)18-27(31)29-23-10-14-25(33-2)15-11-23/h3-17H,18-19H2,1-2H3,(H,29,31). The Kier molecular flexibility index (Phi) is 7.40. The Hall–Kier alpha value is -3.90. The molecule has 0 aliphatic heterocycles. The van der Waals surface area contributed by atoms with Gasteiger partial charge in [0.25, 0.3) is 5.91 Å². The van der Waals surface area contributed by atoms with Crippen LogP contribution >= 0.6 is 11.3 Å². The predicted molar refractivity (Wildman–Crippen MR) is 138 cm³/mol. The summed E-state index contributed by atoms with van der Waals surface area (Å²) in [4.78, 5) is 28.2. The molecule has 6 heteroatoms. The molecular weight excluding hydrogens is 444 g/mol. The number of aryl methyl sites for hydroxylation is 1.